The van der Waals surface area contributed by atoms with Crippen molar-refractivity contribution in [1.82, 2.24) is 33.8 Å². The predicted molar refractivity (Wildman–Crippen MR) is 136 cm³/mol. The summed E-state index contributed by atoms with van der Waals surface area (Å²) in [5, 5.41) is 9.27. The first kappa shape index (κ1) is 24.1. The second-order valence-corrected chi connectivity index (χ2v) is 10.9. The average Bonchev–Trinajstić information content (AvgIpc) is 3.44. The molecule has 10 nitrogen and oxygen atoms in total. The Morgan fingerprint density at radius 2 is 1.72 bits per heavy atom. The molecule has 4 heterocycles. The molecule has 4 aromatic rings. The summed E-state index contributed by atoms with van der Waals surface area (Å²) in [6.07, 6.45) is 3.17. The highest BCUT2D eigenvalue weighted by molar-refractivity contribution is 7.89. The molecule has 0 radical (unpaired) electrons. The van der Waals surface area contributed by atoms with Crippen molar-refractivity contribution < 1.29 is 13.2 Å². The van der Waals surface area contributed by atoms with Crippen molar-refractivity contribution in [2.75, 3.05) is 26.2 Å². The number of piperazine rings is 1. The number of para-hydroxylation sites is 1. The maximum absolute atomic E-state index is 13.7. The van der Waals surface area contributed by atoms with Gasteiger partial charge in [0.15, 0.2) is 0 Å². The Balaban J connectivity index is 1.43. The monoisotopic (exact) mass is 507 g/mol. The van der Waals surface area contributed by atoms with Gasteiger partial charge >= 0.3 is 0 Å². The summed E-state index contributed by atoms with van der Waals surface area (Å²) in [5.74, 6) is -0.134. The molecule has 11 heteroatoms. The number of hydrogen-bond donors (Lipinski definition) is 0. The lowest BCUT2D eigenvalue weighted by molar-refractivity contribution is 0.0700. The molecular formula is C25H29N7O3S. The number of pyridine rings is 1. The van der Waals surface area contributed by atoms with Crippen molar-refractivity contribution in [3.63, 3.8) is 0 Å². The van der Waals surface area contributed by atoms with Crippen LogP contribution < -0.4 is 0 Å². The molecule has 0 spiro atoms. The summed E-state index contributed by atoms with van der Waals surface area (Å²) < 4.78 is 31.2. The lowest BCUT2D eigenvalue weighted by Crippen LogP contribution is -2.50. The molecule has 3 aromatic heterocycles. The van der Waals surface area contributed by atoms with E-state index in [1.54, 1.807) is 29.7 Å². The minimum absolute atomic E-state index is 0.134. The number of carbonyl (C=O) groups is 1. The third-order valence-electron chi connectivity index (χ3n) is 6.96. The summed E-state index contributed by atoms with van der Waals surface area (Å²) in [7, 11) is -1.96. The first-order chi connectivity index (χ1) is 17.2. The van der Waals surface area contributed by atoms with E-state index in [1.165, 1.54) is 10.5 Å². The third kappa shape index (κ3) is 3.97. The van der Waals surface area contributed by atoms with Crippen LogP contribution in [-0.2, 0) is 23.6 Å². The molecule has 1 aliphatic rings. The number of sulfonamides is 1. The highest BCUT2D eigenvalue weighted by atomic mass is 32.2. The number of carbonyl (C=O) groups excluding carboxylic acids is 1. The van der Waals surface area contributed by atoms with Crippen molar-refractivity contribution in [1.29, 1.82) is 0 Å². The van der Waals surface area contributed by atoms with Crippen LogP contribution in [0.2, 0.25) is 0 Å². The minimum Gasteiger partial charge on any atom is -0.336 e. The van der Waals surface area contributed by atoms with Crippen molar-refractivity contribution in [3.8, 4) is 11.3 Å². The van der Waals surface area contributed by atoms with Crippen LogP contribution in [-0.4, -0.2) is 74.3 Å². The van der Waals surface area contributed by atoms with Crippen LogP contribution in [0.25, 0.3) is 22.2 Å². The summed E-state index contributed by atoms with van der Waals surface area (Å²) in [4.78, 5) is 20.5. The number of nitrogens with zero attached hydrogens (tertiary/aromatic N) is 7. The van der Waals surface area contributed by atoms with E-state index in [0.717, 1.165) is 28.7 Å². The fraction of sp³-hybridized carbons (Fsp3) is 0.360. The topological polar surface area (TPSA) is 106 Å². The molecule has 0 atom stereocenters. The molecular weight excluding hydrogens is 478 g/mol. The predicted octanol–water partition coefficient (Wildman–Crippen LogP) is 2.62. The van der Waals surface area contributed by atoms with E-state index in [2.05, 4.69) is 10.2 Å². The molecule has 0 unspecified atom stereocenters. The Morgan fingerprint density at radius 1 is 1.00 bits per heavy atom. The van der Waals surface area contributed by atoms with Gasteiger partial charge in [0.05, 0.1) is 34.9 Å². The summed E-state index contributed by atoms with van der Waals surface area (Å²) in [6, 6.07) is 9.42. The van der Waals surface area contributed by atoms with E-state index >= 15 is 0 Å². The van der Waals surface area contributed by atoms with Gasteiger partial charge in [0.25, 0.3) is 5.91 Å². The fourth-order valence-electron chi connectivity index (χ4n) is 4.68. The largest absolute Gasteiger partial charge is 0.336 e. The minimum atomic E-state index is -3.68. The van der Waals surface area contributed by atoms with Crippen molar-refractivity contribution >= 4 is 26.8 Å². The lowest BCUT2D eigenvalue weighted by atomic mass is 10.0. The zero-order valence-corrected chi connectivity index (χ0v) is 21.7. The number of aryl methyl sites for hydroxylation is 2. The average molecular weight is 508 g/mol. The summed E-state index contributed by atoms with van der Waals surface area (Å²) in [6.45, 7) is 7.55. The molecule has 188 valence electrons. The van der Waals surface area contributed by atoms with E-state index in [4.69, 9.17) is 4.98 Å². The molecule has 36 heavy (non-hydrogen) atoms. The number of benzene rings is 1. The van der Waals surface area contributed by atoms with Crippen LogP contribution >= 0.6 is 0 Å². The zero-order valence-electron chi connectivity index (χ0n) is 20.8. The van der Waals surface area contributed by atoms with E-state index in [-0.39, 0.29) is 23.9 Å². The Labute approximate surface area is 210 Å². The van der Waals surface area contributed by atoms with Gasteiger partial charge in [-0.15, -0.1) is 0 Å². The van der Waals surface area contributed by atoms with Gasteiger partial charge < -0.3 is 4.90 Å². The number of aromatic nitrogens is 5. The maximum Gasteiger partial charge on any atom is 0.254 e. The highest BCUT2D eigenvalue weighted by Gasteiger charge is 2.33. The SMILES string of the molecule is CCn1ncc(-c2cc(C(=O)N3CCN(S(=O)(=O)c4cnn(C)c4C)CC3)c3ccccc3n2)c1C. The first-order valence-corrected chi connectivity index (χ1v) is 13.4. The fourth-order valence-corrected chi connectivity index (χ4v) is 6.29. The third-order valence-corrected chi connectivity index (χ3v) is 8.96. The molecule has 1 amide bonds. The first-order valence-electron chi connectivity index (χ1n) is 11.9. The quantitative estimate of drug-likeness (QED) is 0.411. The van der Waals surface area contributed by atoms with Crippen molar-refractivity contribution in [2.24, 2.45) is 7.05 Å². The van der Waals surface area contributed by atoms with Gasteiger partial charge in [-0.05, 0) is 32.9 Å². The number of hydrogen-bond acceptors (Lipinski definition) is 6. The Morgan fingerprint density at radius 3 is 2.36 bits per heavy atom. The van der Waals surface area contributed by atoms with Crippen LogP contribution in [0.5, 0.6) is 0 Å². The van der Waals surface area contributed by atoms with Crippen LogP contribution in [0.15, 0.2) is 47.6 Å². The number of amides is 1. The number of rotatable bonds is 5. The van der Waals surface area contributed by atoms with E-state index in [9.17, 15) is 13.2 Å². The summed E-state index contributed by atoms with van der Waals surface area (Å²) in [5.41, 5.74) is 4.45. The van der Waals surface area contributed by atoms with Crippen LogP contribution in [0.3, 0.4) is 0 Å². The van der Waals surface area contributed by atoms with Crippen molar-refractivity contribution in [2.45, 2.75) is 32.2 Å². The number of fused-ring (bicyclic) bond motifs is 1. The molecule has 0 bridgehead atoms. The molecule has 0 N–H and O–H groups in total. The van der Waals surface area contributed by atoms with Crippen molar-refractivity contribution in [3.05, 3.63) is 59.7 Å². The Hall–Kier alpha value is -3.57. The van der Waals surface area contributed by atoms with E-state index in [1.807, 2.05) is 48.9 Å². The second-order valence-electron chi connectivity index (χ2n) is 8.95. The lowest BCUT2D eigenvalue weighted by Gasteiger charge is -2.34. The van der Waals surface area contributed by atoms with Crippen LogP contribution in [0, 0.1) is 13.8 Å². The van der Waals surface area contributed by atoms with Gasteiger partial charge in [-0.25, -0.2) is 13.4 Å². The molecule has 1 aliphatic heterocycles. The van der Waals surface area contributed by atoms with Gasteiger partial charge in [-0.3, -0.25) is 14.2 Å². The highest BCUT2D eigenvalue weighted by Crippen LogP contribution is 2.28. The summed E-state index contributed by atoms with van der Waals surface area (Å²) >= 11 is 0. The Bertz CT molecular complexity index is 1560. The molecule has 1 fully saturated rings. The zero-order chi connectivity index (χ0) is 25.6. The van der Waals surface area contributed by atoms with Gasteiger partial charge in [0.1, 0.15) is 4.90 Å². The molecule has 1 saturated heterocycles. The van der Waals surface area contributed by atoms with E-state index in [0.29, 0.717) is 30.0 Å². The van der Waals surface area contributed by atoms with Gasteiger partial charge in [0, 0.05) is 56.4 Å². The van der Waals surface area contributed by atoms with Gasteiger partial charge in [-0.2, -0.15) is 14.5 Å². The maximum atomic E-state index is 13.7. The molecule has 5 rings (SSSR count). The molecule has 0 aliphatic carbocycles. The normalized spacial score (nSPS) is 15.1. The Kier molecular flexibility index (Phi) is 6.13. The smallest absolute Gasteiger partial charge is 0.254 e. The standard InChI is InChI=1S/C25H29N7O3S/c1-5-32-17(2)21(15-27-32)23-14-20(19-8-6-7-9-22(19)28-23)25(33)30-10-12-31(13-11-30)36(34,35)24-16-26-29(4)18(24)3/h6-9,14-16H,5,10-13H2,1-4H3. The second kappa shape index (κ2) is 9.14. The van der Waals surface area contributed by atoms with Crippen LogP contribution in [0.1, 0.15) is 28.7 Å². The molecule has 0 saturated carbocycles. The van der Waals surface area contributed by atoms with Crippen LogP contribution in [0.4, 0.5) is 0 Å². The van der Waals surface area contributed by atoms with Gasteiger partial charge in [0.2, 0.25) is 10.0 Å². The van der Waals surface area contributed by atoms with E-state index < -0.39 is 10.0 Å². The molecule has 1 aromatic carbocycles. The van der Waals surface area contributed by atoms with Gasteiger partial charge in [-0.1, -0.05) is 18.2 Å².